The van der Waals surface area contributed by atoms with Crippen molar-refractivity contribution in [1.82, 2.24) is 10.2 Å². The first-order chi connectivity index (χ1) is 22.2. The van der Waals surface area contributed by atoms with E-state index in [0.717, 1.165) is 43.2 Å². The van der Waals surface area contributed by atoms with Crippen molar-refractivity contribution in [2.45, 2.75) is 58.4 Å². The van der Waals surface area contributed by atoms with Crippen LogP contribution in [0.15, 0.2) is 72.8 Å². The predicted octanol–water partition coefficient (Wildman–Crippen LogP) is 6.48. The molecule has 0 unspecified atom stereocenters. The summed E-state index contributed by atoms with van der Waals surface area (Å²) in [6.45, 7) is 2.56. The number of benzene rings is 3. The molecule has 5 amide bonds. The molecule has 0 saturated heterocycles. The summed E-state index contributed by atoms with van der Waals surface area (Å²) in [5.74, 6) is -2.06. The van der Waals surface area contributed by atoms with Crippen molar-refractivity contribution < 1.29 is 29.1 Å². The third-order valence-corrected chi connectivity index (χ3v) is 8.22. The minimum atomic E-state index is -0.994. The average molecular weight is 623 g/mol. The highest BCUT2D eigenvalue weighted by molar-refractivity contribution is 6.22. The minimum absolute atomic E-state index is 0.0238. The molecule has 0 bridgehead atoms. The lowest BCUT2D eigenvalue weighted by atomic mass is 9.93. The molecule has 1 heterocycles. The Labute approximate surface area is 268 Å². The molecule has 10 heteroatoms. The van der Waals surface area contributed by atoms with E-state index in [4.69, 9.17) is 5.11 Å². The largest absolute Gasteiger partial charge is 0.481 e. The lowest BCUT2D eigenvalue weighted by Gasteiger charge is -2.24. The van der Waals surface area contributed by atoms with Crippen LogP contribution in [0.2, 0.25) is 0 Å². The van der Waals surface area contributed by atoms with Gasteiger partial charge in [0.25, 0.3) is 17.7 Å². The number of carboxylic acids is 1. The van der Waals surface area contributed by atoms with Crippen molar-refractivity contribution >= 4 is 46.7 Å². The van der Waals surface area contributed by atoms with E-state index in [-0.39, 0.29) is 42.8 Å². The number of aliphatic carboxylic acids is 1. The van der Waals surface area contributed by atoms with Gasteiger partial charge < -0.3 is 15.7 Å². The van der Waals surface area contributed by atoms with Crippen molar-refractivity contribution in [2.75, 3.05) is 23.3 Å². The number of nitrogens with one attached hydrogen (secondary N) is 2. The summed E-state index contributed by atoms with van der Waals surface area (Å²) in [5.41, 5.74) is 5.21. The standard InChI is InChI=1S/C36H38N4O6/c1-2-3-21-39-34(44)30-18-15-28(22-31(30)35(39)45)38-36(46)40(29-16-13-26(14-17-29)25-7-5-4-6-8-25)23-24-9-11-27(12-10-24)33(43)37-20-19-32(41)42/h7,9-18,22H,2-6,8,19-21,23H2,1H3,(H,37,43)(H,38,46)(H,41,42). The number of allylic oxidation sites excluding steroid dienone is 2. The Morgan fingerprint density at radius 1 is 0.913 bits per heavy atom. The van der Waals surface area contributed by atoms with Crippen molar-refractivity contribution in [2.24, 2.45) is 0 Å². The Hall–Kier alpha value is -5.25. The minimum Gasteiger partial charge on any atom is -0.481 e. The maximum absolute atomic E-state index is 13.8. The molecule has 5 rings (SSSR count). The molecule has 0 radical (unpaired) electrons. The van der Waals surface area contributed by atoms with E-state index in [9.17, 15) is 24.0 Å². The molecule has 238 valence electrons. The predicted molar refractivity (Wildman–Crippen MR) is 176 cm³/mol. The molecule has 46 heavy (non-hydrogen) atoms. The fourth-order valence-corrected chi connectivity index (χ4v) is 5.64. The van der Waals surface area contributed by atoms with Crippen LogP contribution in [0.25, 0.3) is 5.57 Å². The number of nitrogens with zero attached hydrogens (tertiary/aromatic N) is 2. The number of hydrogen-bond donors (Lipinski definition) is 3. The van der Waals surface area contributed by atoms with Crippen LogP contribution in [0.5, 0.6) is 0 Å². The summed E-state index contributed by atoms with van der Waals surface area (Å²) in [4.78, 5) is 65.6. The molecule has 1 aliphatic heterocycles. The molecule has 10 nitrogen and oxygen atoms in total. The zero-order valence-electron chi connectivity index (χ0n) is 25.9. The van der Waals surface area contributed by atoms with E-state index in [1.54, 1.807) is 47.4 Å². The van der Waals surface area contributed by atoms with Gasteiger partial charge in [0.2, 0.25) is 0 Å². The molecule has 0 atom stereocenters. The maximum atomic E-state index is 13.8. The quantitative estimate of drug-likeness (QED) is 0.198. The lowest BCUT2D eigenvalue weighted by Crippen LogP contribution is -2.34. The first-order valence-electron chi connectivity index (χ1n) is 15.7. The van der Waals surface area contributed by atoms with E-state index in [0.29, 0.717) is 29.0 Å². The second-order valence-electron chi connectivity index (χ2n) is 11.5. The van der Waals surface area contributed by atoms with Crippen LogP contribution < -0.4 is 15.5 Å². The monoisotopic (exact) mass is 622 g/mol. The number of unbranched alkanes of at least 4 members (excludes halogenated alkanes) is 1. The van der Waals surface area contributed by atoms with Gasteiger partial charge in [0, 0.05) is 30.0 Å². The van der Waals surface area contributed by atoms with Gasteiger partial charge in [-0.3, -0.25) is 29.0 Å². The van der Waals surface area contributed by atoms with Crippen LogP contribution in [-0.2, 0) is 11.3 Å². The van der Waals surface area contributed by atoms with Crippen LogP contribution in [0.3, 0.4) is 0 Å². The third-order valence-electron chi connectivity index (χ3n) is 8.22. The second-order valence-corrected chi connectivity index (χ2v) is 11.5. The molecule has 3 N–H and O–H groups in total. The van der Waals surface area contributed by atoms with Gasteiger partial charge in [-0.25, -0.2) is 4.79 Å². The van der Waals surface area contributed by atoms with Gasteiger partial charge in [-0.15, -0.1) is 0 Å². The average Bonchev–Trinajstić information content (AvgIpc) is 3.30. The highest BCUT2D eigenvalue weighted by Gasteiger charge is 2.35. The topological polar surface area (TPSA) is 136 Å². The molecule has 0 spiro atoms. The molecule has 0 aromatic heterocycles. The zero-order chi connectivity index (χ0) is 32.6. The number of fused-ring (bicyclic) bond motifs is 1. The molecule has 1 aliphatic carbocycles. The summed E-state index contributed by atoms with van der Waals surface area (Å²) in [7, 11) is 0. The van der Waals surface area contributed by atoms with Crippen molar-refractivity contribution in [3.05, 3.63) is 101 Å². The smallest absolute Gasteiger partial charge is 0.326 e. The highest BCUT2D eigenvalue weighted by Crippen LogP contribution is 2.30. The Bertz CT molecular complexity index is 1660. The number of amides is 5. The summed E-state index contributed by atoms with van der Waals surface area (Å²) in [6.07, 6.45) is 8.10. The molecular weight excluding hydrogens is 584 g/mol. The number of imide groups is 1. The van der Waals surface area contributed by atoms with E-state index in [1.165, 1.54) is 16.9 Å². The molecule has 0 fully saturated rings. The van der Waals surface area contributed by atoms with E-state index >= 15 is 0 Å². The Kier molecular flexibility index (Phi) is 10.3. The molecular formula is C36H38N4O6. The molecule has 0 saturated carbocycles. The van der Waals surface area contributed by atoms with Gasteiger partial charge in [0.05, 0.1) is 24.1 Å². The number of anilines is 2. The third kappa shape index (κ3) is 7.51. The van der Waals surface area contributed by atoms with Crippen molar-refractivity contribution in [3.63, 3.8) is 0 Å². The highest BCUT2D eigenvalue weighted by atomic mass is 16.4. The van der Waals surface area contributed by atoms with Crippen LogP contribution >= 0.6 is 0 Å². The Balaban J connectivity index is 1.36. The summed E-state index contributed by atoms with van der Waals surface area (Å²) in [5, 5.41) is 14.3. The summed E-state index contributed by atoms with van der Waals surface area (Å²) in [6, 6.07) is 18.9. The van der Waals surface area contributed by atoms with Crippen LogP contribution in [0, 0.1) is 0 Å². The first-order valence-corrected chi connectivity index (χ1v) is 15.7. The van der Waals surface area contributed by atoms with Gasteiger partial charge in [-0.2, -0.15) is 0 Å². The maximum Gasteiger partial charge on any atom is 0.326 e. The molecule has 2 aliphatic rings. The molecule has 3 aromatic carbocycles. The SMILES string of the molecule is CCCCN1C(=O)c2ccc(NC(=O)N(Cc3ccc(C(=O)NCCC(=O)O)cc3)c3ccc(C4=CCCCC4)cc3)cc2C1=O. The van der Waals surface area contributed by atoms with E-state index < -0.39 is 12.0 Å². The van der Waals surface area contributed by atoms with Gasteiger partial charge in [-0.05, 0) is 91.3 Å². The number of rotatable bonds is 12. The van der Waals surface area contributed by atoms with Crippen LogP contribution in [0.4, 0.5) is 16.2 Å². The lowest BCUT2D eigenvalue weighted by molar-refractivity contribution is -0.136. The number of urea groups is 1. The summed E-state index contributed by atoms with van der Waals surface area (Å²) < 4.78 is 0. The number of carbonyl (C=O) groups is 5. The zero-order valence-corrected chi connectivity index (χ0v) is 25.9. The van der Waals surface area contributed by atoms with Crippen LogP contribution in [0.1, 0.15) is 94.1 Å². The van der Waals surface area contributed by atoms with Crippen LogP contribution in [-0.4, -0.2) is 52.8 Å². The van der Waals surface area contributed by atoms with Crippen molar-refractivity contribution in [1.29, 1.82) is 0 Å². The van der Waals surface area contributed by atoms with E-state index in [2.05, 4.69) is 16.7 Å². The Morgan fingerprint density at radius 2 is 1.65 bits per heavy atom. The number of hydrogen-bond acceptors (Lipinski definition) is 5. The van der Waals surface area contributed by atoms with Gasteiger partial charge in [0.1, 0.15) is 0 Å². The number of carboxylic acid groups (broad SMARTS) is 1. The normalized spacial score (nSPS) is 14.0. The van der Waals surface area contributed by atoms with Gasteiger partial charge >= 0.3 is 12.0 Å². The number of carbonyl (C=O) groups excluding carboxylic acids is 4. The van der Waals surface area contributed by atoms with E-state index in [1.807, 2.05) is 31.2 Å². The van der Waals surface area contributed by atoms with Crippen molar-refractivity contribution in [3.8, 4) is 0 Å². The molecule has 3 aromatic rings. The first kappa shape index (κ1) is 32.2. The van der Waals surface area contributed by atoms with Gasteiger partial charge in [-0.1, -0.05) is 43.7 Å². The van der Waals surface area contributed by atoms with Gasteiger partial charge in [0.15, 0.2) is 0 Å². The summed E-state index contributed by atoms with van der Waals surface area (Å²) >= 11 is 0. The fourth-order valence-electron chi connectivity index (χ4n) is 5.64. The second kappa shape index (κ2) is 14.7. The Morgan fingerprint density at radius 3 is 2.33 bits per heavy atom. The fraction of sp³-hybridized carbons (Fsp3) is 0.306.